The maximum atomic E-state index is 11.2. The highest BCUT2D eigenvalue weighted by atomic mass is 16.3. The predicted octanol–water partition coefficient (Wildman–Crippen LogP) is 0.0145. The molecule has 0 spiro atoms. The number of carbonyl (C=O) groups excluding carboxylic acids is 1. The fraction of sp³-hybridized carbons (Fsp3) is 0.364. The molecule has 0 bridgehead atoms. The van der Waals surface area contributed by atoms with Gasteiger partial charge in [0.2, 0.25) is 5.91 Å². The van der Waals surface area contributed by atoms with Crippen LogP contribution in [0.4, 0.5) is 0 Å². The van der Waals surface area contributed by atoms with Gasteiger partial charge in [0.15, 0.2) is 0 Å². The van der Waals surface area contributed by atoms with E-state index in [4.69, 9.17) is 5.11 Å². The number of rotatable bonds is 5. The molecular formula is C11H16N2O2. The maximum Gasteiger partial charge on any atom is 0.234 e. The number of aliphatic hydroxyl groups is 1. The van der Waals surface area contributed by atoms with Gasteiger partial charge in [-0.05, 0) is 18.2 Å². The monoisotopic (exact) mass is 208 g/mol. The molecule has 0 fully saturated rings. The summed E-state index contributed by atoms with van der Waals surface area (Å²) in [6.45, 7) is 0.761. The molecule has 82 valence electrons. The first-order valence-corrected chi connectivity index (χ1v) is 4.87. The highest BCUT2D eigenvalue weighted by Gasteiger charge is 2.02. The van der Waals surface area contributed by atoms with Crippen LogP contribution in [0.2, 0.25) is 0 Å². The number of nitrogens with one attached hydrogen (secondary N) is 2. The molecule has 15 heavy (non-hydrogen) atoms. The van der Waals surface area contributed by atoms with Crippen LogP contribution in [-0.2, 0) is 17.9 Å². The van der Waals surface area contributed by atoms with Crippen molar-refractivity contribution in [3.63, 3.8) is 0 Å². The van der Waals surface area contributed by atoms with Crippen molar-refractivity contribution in [3.05, 3.63) is 35.4 Å². The summed E-state index contributed by atoms with van der Waals surface area (Å²) in [5.74, 6) is -0.0507. The molecule has 0 aliphatic carbocycles. The number of aliphatic hydroxyl groups excluding tert-OH is 1. The van der Waals surface area contributed by atoms with Crippen LogP contribution in [0.25, 0.3) is 0 Å². The Morgan fingerprint density at radius 3 is 2.60 bits per heavy atom. The Morgan fingerprint density at radius 1 is 1.33 bits per heavy atom. The van der Waals surface area contributed by atoms with Crippen molar-refractivity contribution in [1.82, 2.24) is 10.6 Å². The van der Waals surface area contributed by atoms with Gasteiger partial charge in [0.25, 0.3) is 0 Å². The minimum absolute atomic E-state index is 0.00191. The van der Waals surface area contributed by atoms with Gasteiger partial charge in [-0.25, -0.2) is 0 Å². The van der Waals surface area contributed by atoms with Gasteiger partial charge in [-0.1, -0.05) is 24.3 Å². The normalized spacial score (nSPS) is 10.0. The van der Waals surface area contributed by atoms with Gasteiger partial charge in [-0.15, -0.1) is 0 Å². The largest absolute Gasteiger partial charge is 0.392 e. The lowest BCUT2D eigenvalue weighted by Gasteiger charge is -2.08. The Balaban J connectivity index is 2.53. The molecule has 0 heterocycles. The Labute approximate surface area is 89.3 Å². The standard InChI is InChI=1S/C11H16N2O2/c1-12-7-11(15)13-6-9-4-2-3-5-10(9)8-14/h2-5,12,14H,6-8H2,1H3,(H,13,15). The third kappa shape index (κ3) is 3.69. The van der Waals surface area contributed by atoms with Crippen LogP contribution in [0.1, 0.15) is 11.1 Å². The highest BCUT2D eigenvalue weighted by molar-refractivity contribution is 5.77. The first-order chi connectivity index (χ1) is 7.27. The van der Waals surface area contributed by atoms with Crippen molar-refractivity contribution in [2.24, 2.45) is 0 Å². The lowest BCUT2D eigenvalue weighted by molar-refractivity contribution is -0.120. The van der Waals surface area contributed by atoms with Crippen molar-refractivity contribution in [2.45, 2.75) is 13.2 Å². The summed E-state index contributed by atoms with van der Waals surface area (Å²) in [6.07, 6.45) is 0. The lowest BCUT2D eigenvalue weighted by atomic mass is 10.1. The van der Waals surface area contributed by atoms with E-state index in [2.05, 4.69) is 10.6 Å². The van der Waals surface area contributed by atoms with E-state index in [1.165, 1.54) is 0 Å². The summed E-state index contributed by atoms with van der Waals surface area (Å²) in [7, 11) is 1.72. The zero-order valence-corrected chi connectivity index (χ0v) is 8.79. The molecule has 1 aromatic carbocycles. The van der Waals surface area contributed by atoms with Crippen LogP contribution < -0.4 is 10.6 Å². The molecule has 3 N–H and O–H groups in total. The van der Waals surface area contributed by atoms with E-state index >= 15 is 0 Å². The molecule has 0 radical (unpaired) electrons. The molecule has 1 aromatic rings. The summed E-state index contributed by atoms with van der Waals surface area (Å²) < 4.78 is 0. The molecule has 4 heteroatoms. The number of hydrogen-bond donors (Lipinski definition) is 3. The average molecular weight is 208 g/mol. The second kappa shape index (κ2) is 6.16. The van der Waals surface area contributed by atoms with Crippen LogP contribution >= 0.6 is 0 Å². The Hall–Kier alpha value is -1.39. The molecule has 0 aliphatic heterocycles. The van der Waals surface area contributed by atoms with E-state index in [0.29, 0.717) is 13.1 Å². The third-order valence-electron chi connectivity index (χ3n) is 2.10. The van der Waals surface area contributed by atoms with Gasteiger partial charge in [0.1, 0.15) is 0 Å². The van der Waals surface area contributed by atoms with E-state index in [0.717, 1.165) is 11.1 Å². The zero-order valence-electron chi connectivity index (χ0n) is 8.79. The summed E-state index contributed by atoms with van der Waals surface area (Å²) in [4.78, 5) is 11.2. The number of carbonyl (C=O) groups is 1. The molecule has 0 unspecified atom stereocenters. The van der Waals surface area contributed by atoms with Gasteiger partial charge in [0, 0.05) is 6.54 Å². The van der Waals surface area contributed by atoms with E-state index in [1.807, 2.05) is 24.3 Å². The molecule has 0 saturated carbocycles. The second-order valence-electron chi connectivity index (χ2n) is 3.23. The van der Waals surface area contributed by atoms with Crippen LogP contribution in [0.15, 0.2) is 24.3 Å². The molecule has 0 atom stereocenters. The minimum atomic E-state index is -0.0507. The first kappa shape index (κ1) is 11.7. The molecule has 1 amide bonds. The molecule has 0 aliphatic rings. The van der Waals surface area contributed by atoms with E-state index in [-0.39, 0.29) is 12.5 Å². The second-order valence-corrected chi connectivity index (χ2v) is 3.23. The van der Waals surface area contributed by atoms with Crippen molar-refractivity contribution < 1.29 is 9.90 Å². The summed E-state index contributed by atoms with van der Waals surface area (Å²) in [5, 5.41) is 14.6. The first-order valence-electron chi connectivity index (χ1n) is 4.87. The van der Waals surface area contributed by atoms with Crippen molar-refractivity contribution in [1.29, 1.82) is 0 Å². The molecule has 4 nitrogen and oxygen atoms in total. The van der Waals surface area contributed by atoms with Crippen LogP contribution in [-0.4, -0.2) is 24.6 Å². The number of likely N-dealkylation sites (N-methyl/N-ethyl adjacent to an activating group) is 1. The van der Waals surface area contributed by atoms with Gasteiger partial charge < -0.3 is 15.7 Å². The summed E-state index contributed by atoms with van der Waals surface area (Å²) in [5.41, 5.74) is 1.80. The topological polar surface area (TPSA) is 61.4 Å². The van der Waals surface area contributed by atoms with Gasteiger partial charge >= 0.3 is 0 Å². The quantitative estimate of drug-likeness (QED) is 0.639. The molecule has 0 aromatic heterocycles. The fourth-order valence-electron chi connectivity index (χ4n) is 1.30. The van der Waals surface area contributed by atoms with Gasteiger partial charge in [-0.2, -0.15) is 0 Å². The fourth-order valence-corrected chi connectivity index (χ4v) is 1.30. The average Bonchev–Trinajstić information content (AvgIpc) is 2.27. The Morgan fingerprint density at radius 2 is 2.00 bits per heavy atom. The predicted molar refractivity (Wildman–Crippen MR) is 58.1 cm³/mol. The van der Waals surface area contributed by atoms with E-state index < -0.39 is 0 Å². The number of hydrogen-bond acceptors (Lipinski definition) is 3. The Bertz CT molecular complexity index is 326. The molecule has 1 rings (SSSR count). The number of amides is 1. The van der Waals surface area contributed by atoms with E-state index in [1.54, 1.807) is 7.05 Å². The lowest BCUT2D eigenvalue weighted by Crippen LogP contribution is -2.31. The van der Waals surface area contributed by atoms with Crippen molar-refractivity contribution in [3.8, 4) is 0 Å². The Kier molecular flexibility index (Phi) is 4.80. The molecule has 0 saturated heterocycles. The van der Waals surface area contributed by atoms with Crippen LogP contribution in [0, 0.1) is 0 Å². The van der Waals surface area contributed by atoms with Gasteiger partial charge in [-0.3, -0.25) is 4.79 Å². The maximum absolute atomic E-state index is 11.2. The number of benzene rings is 1. The van der Waals surface area contributed by atoms with Crippen LogP contribution in [0.5, 0.6) is 0 Å². The van der Waals surface area contributed by atoms with Crippen LogP contribution in [0.3, 0.4) is 0 Å². The van der Waals surface area contributed by atoms with Crippen molar-refractivity contribution >= 4 is 5.91 Å². The molecular weight excluding hydrogens is 192 g/mol. The smallest absolute Gasteiger partial charge is 0.234 e. The summed E-state index contributed by atoms with van der Waals surface area (Å²) in [6, 6.07) is 7.49. The summed E-state index contributed by atoms with van der Waals surface area (Å²) >= 11 is 0. The van der Waals surface area contributed by atoms with Gasteiger partial charge in [0.05, 0.1) is 13.2 Å². The highest BCUT2D eigenvalue weighted by Crippen LogP contribution is 2.07. The minimum Gasteiger partial charge on any atom is -0.392 e. The third-order valence-corrected chi connectivity index (χ3v) is 2.10. The zero-order chi connectivity index (χ0) is 11.1. The van der Waals surface area contributed by atoms with Crippen molar-refractivity contribution in [2.75, 3.05) is 13.6 Å². The SMILES string of the molecule is CNCC(=O)NCc1ccccc1CO. The van der Waals surface area contributed by atoms with E-state index in [9.17, 15) is 4.79 Å².